The van der Waals surface area contributed by atoms with Crippen LogP contribution in [-0.2, 0) is 0 Å². The summed E-state index contributed by atoms with van der Waals surface area (Å²) in [6, 6.07) is 15.2. The third-order valence-corrected chi connectivity index (χ3v) is 5.91. The van der Waals surface area contributed by atoms with E-state index >= 15 is 0 Å². The monoisotopic (exact) mass is 400 g/mol. The van der Waals surface area contributed by atoms with Crippen LogP contribution in [0.2, 0.25) is 5.02 Å². The molecule has 0 N–H and O–H groups in total. The summed E-state index contributed by atoms with van der Waals surface area (Å²) in [5.74, 6) is 0.771. The van der Waals surface area contributed by atoms with Gasteiger partial charge in [0.2, 0.25) is 0 Å². The molecule has 1 aliphatic rings. The van der Waals surface area contributed by atoms with Gasteiger partial charge in [-0.1, -0.05) is 0 Å². The van der Waals surface area contributed by atoms with Gasteiger partial charge < -0.3 is 0 Å². The van der Waals surface area contributed by atoms with Crippen LogP contribution in [-0.4, -0.2) is 33.3 Å². The number of para-hydroxylation sites is 1. The zero-order chi connectivity index (χ0) is 13.9. The van der Waals surface area contributed by atoms with E-state index in [-0.39, 0.29) is 5.78 Å². The molecule has 3 rings (SSSR count). The van der Waals surface area contributed by atoms with Crippen LogP contribution in [0.4, 0.5) is 0 Å². The maximum absolute atomic E-state index is 12.3. The van der Waals surface area contributed by atoms with Crippen molar-refractivity contribution in [1.29, 1.82) is 0 Å². The minimum atomic E-state index is -0.541. The Morgan fingerprint density at radius 1 is 1.10 bits per heavy atom. The second kappa shape index (κ2) is 6.01. The molecule has 1 aliphatic heterocycles. The van der Waals surface area contributed by atoms with Crippen LogP contribution in [0.1, 0.15) is 10.4 Å². The van der Waals surface area contributed by atoms with Gasteiger partial charge in [0, 0.05) is 0 Å². The normalized spacial score (nSPS) is 15.8. The van der Waals surface area contributed by atoms with Gasteiger partial charge in [-0.3, -0.25) is 0 Å². The van der Waals surface area contributed by atoms with E-state index in [4.69, 9.17) is 16.3 Å². The molecule has 4 heteroatoms. The first kappa shape index (κ1) is 13.7. The van der Waals surface area contributed by atoms with Crippen LogP contribution in [0, 0.1) is 0 Å². The first-order valence-electron chi connectivity index (χ1n) is 6.12. The quantitative estimate of drug-likeness (QED) is 0.575. The summed E-state index contributed by atoms with van der Waals surface area (Å²) in [5.41, 5.74) is 1.43. The van der Waals surface area contributed by atoms with Crippen LogP contribution in [0.15, 0.2) is 58.2 Å². The number of halogens is 1. The summed E-state index contributed by atoms with van der Waals surface area (Å²) in [4.78, 5) is 12.3. The van der Waals surface area contributed by atoms with E-state index in [2.05, 4.69) is 4.12 Å². The van der Waals surface area contributed by atoms with Crippen molar-refractivity contribution in [2.24, 2.45) is 0 Å². The van der Waals surface area contributed by atoms with Crippen molar-refractivity contribution >= 4 is 41.9 Å². The van der Waals surface area contributed by atoms with E-state index < -0.39 is 20.9 Å². The average molecular weight is 398 g/mol. The molecule has 2 aromatic carbocycles. The van der Waals surface area contributed by atoms with Crippen LogP contribution in [0.25, 0.3) is 0 Å². The molecule has 20 heavy (non-hydrogen) atoms. The number of Topliss-reactive ketones (excluding diaryl/α,β-unsaturated/α-hetero) is 1. The third-order valence-electron chi connectivity index (χ3n) is 2.96. The molecule has 2 aromatic rings. The fourth-order valence-corrected chi connectivity index (χ4v) is 4.17. The zero-order valence-corrected chi connectivity index (χ0v) is 13.6. The second-order valence-corrected chi connectivity index (χ2v) is 7.46. The van der Waals surface area contributed by atoms with Crippen LogP contribution in [0.5, 0.6) is 5.75 Å². The molecule has 0 spiro atoms. The van der Waals surface area contributed by atoms with Gasteiger partial charge in [0.25, 0.3) is 0 Å². The van der Waals surface area contributed by atoms with E-state index in [9.17, 15) is 4.79 Å². The number of hydrogen-bond donors (Lipinski definition) is 0. The fraction of sp³-hybridized carbons (Fsp3) is 0.0625. The Morgan fingerprint density at radius 3 is 2.65 bits per heavy atom. The Kier molecular flexibility index (Phi) is 4.12. The van der Waals surface area contributed by atoms with Gasteiger partial charge in [-0.05, 0) is 0 Å². The molecule has 2 nitrogen and oxygen atoms in total. The van der Waals surface area contributed by atoms with Crippen LogP contribution >= 0.6 is 11.6 Å². The Morgan fingerprint density at radius 2 is 1.85 bits per heavy atom. The molecule has 0 unspecified atom stereocenters. The van der Waals surface area contributed by atoms with Gasteiger partial charge in [0.05, 0.1) is 0 Å². The number of ether oxygens (including phenoxy) is 1. The van der Waals surface area contributed by atoms with E-state index in [1.165, 1.54) is 3.61 Å². The summed E-state index contributed by atoms with van der Waals surface area (Å²) >= 11 is 5.32. The summed E-state index contributed by atoms with van der Waals surface area (Å²) in [5, 5.41) is 0.736. The zero-order valence-electron chi connectivity index (χ0n) is 10.5. The van der Waals surface area contributed by atoms with E-state index in [1.807, 2.05) is 48.5 Å². The summed E-state index contributed by atoms with van der Waals surface area (Å²) < 4.78 is 8.94. The molecule has 1 heterocycles. The SMILES string of the molecule is O=C1/C(=C\[Te]c2ccc(Cl)cc2)COc2ccccc21. The second-order valence-electron chi connectivity index (χ2n) is 4.33. The number of ketones is 1. The Labute approximate surface area is 132 Å². The van der Waals surface area contributed by atoms with Gasteiger partial charge >= 0.3 is 133 Å². The van der Waals surface area contributed by atoms with E-state index in [0.29, 0.717) is 17.9 Å². The molecule has 100 valence electrons. The molecule has 0 aromatic heterocycles. The van der Waals surface area contributed by atoms with Crippen molar-refractivity contribution < 1.29 is 9.53 Å². The van der Waals surface area contributed by atoms with Crippen molar-refractivity contribution in [3.8, 4) is 5.75 Å². The van der Waals surface area contributed by atoms with Gasteiger partial charge in [-0.15, -0.1) is 0 Å². The molecule has 0 atom stereocenters. The number of benzene rings is 2. The van der Waals surface area contributed by atoms with Crippen LogP contribution < -0.4 is 8.35 Å². The van der Waals surface area contributed by atoms with Crippen molar-refractivity contribution in [1.82, 2.24) is 0 Å². The Hall–Kier alpha value is -1.27. The standard InChI is InChI=1S/C16H11ClO2Te/c17-12-5-7-13(8-6-12)20-10-11-9-19-15-4-2-1-3-14(15)16(11)18/h1-8,10H,9H2/b11-10-. The molecule has 0 fully saturated rings. The van der Waals surface area contributed by atoms with Gasteiger partial charge in [-0.25, -0.2) is 0 Å². The van der Waals surface area contributed by atoms with E-state index in [0.717, 1.165) is 10.6 Å². The molecule has 0 bridgehead atoms. The molecular formula is C16H11ClO2Te. The summed E-state index contributed by atoms with van der Waals surface area (Å²) in [6.45, 7) is 0.369. The topological polar surface area (TPSA) is 26.3 Å². The number of rotatable bonds is 2. The summed E-state index contributed by atoms with van der Waals surface area (Å²) in [6.07, 6.45) is 0. The average Bonchev–Trinajstić information content (AvgIpc) is 2.49. The number of carbonyl (C=O) groups is 1. The first-order chi connectivity index (χ1) is 9.74. The predicted molar refractivity (Wildman–Crippen MR) is 81.2 cm³/mol. The number of hydrogen-bond acceptors (Lipinski definition) is 2. The molecule has 0 radical (unpaired) electrons. The first-order valence-corrected chi connectivity index (χ1v) is 9.01. The minimum absolute atomic E-state index is 0.0888. The Balaban J connectivity index is 1.80. The van der Waals surface area contributed by atoms with Gasteiger partial charge in [-0.2, -0.15) is 0 Å². The van der Waals surface area contributed by atoms with Crippen molar-refractivity contribution in [2.45, 2.75) is 0 Å². The maximum atomic E-state index is 12.3. The molecule has 0 amide bonds. The van der Waals surface area contributed by atoms with Crippen LogP contribution in [0.3, 0.4) is 0 Å². The van der Waals surface area contributed by atoms with Gasteiger partial charge in [0.15, 0.2) is 0 Å². The predicted octanol–water partition coefficient (Wildman–Crippen LogP) is 2.83. The van der Waals surface area contributed by atoms with E-state index in [1.54, 1.807) is 0 Å². The summed E-state index contributed by atoms with van der Waals surface area (Å²) in [7, 11) is 0. The molecule has 0 aliphatic carbocycles. The molecule has 0 saturated carbocycles. The third kappa shape index (κ3) is 2.91. The number of carbonyl (C=O) groups excluding carboxylic acids is 1. The van der Waals surface area contributed by atoms with Crippen molar-refractivity contribution in [2.75, 3.05) is 6.61 Å². The van der Waals surface area contributed by atoms with Crippen molar-refractivity contribution in [3.63, 3.8) is 0 Å². The fourth-order valence-electron chi connectivity index (χ4n) is 1.91. The van der Waals surface area contributed by atoms with Crippen molar-refractivity contribution in [3.05, 3.63) is 68.8 Å². The molecular weight excluding hydrogens is 387 g/mol. The Bertz CT molecular complexity index is 677. The van der Waals surface area contributed by atoms with Gasteiger partial charge in [0.1, 0.15) is 0 Å². The number of fused-ring (bicyclic) bond motifs is 1. The molecule has 0 saturated heterocycles.